The molecule has 0 bridgehead atoms. The minimum absolute atomic E-state index is 0.00856. The summed E-state index contributed by atoms with van der Waals surface area (Å²) >= 11 is 0.701. The van der Waals surface area contributed by atoms with Gasteiger partial charge >= 0.3 is 0 Å². The maximum atomic E-state index is 13.9. The smallest absolute Gasteiger partial charge is 0.268 e. The van der Waals surface area contributed by atoms with Crippen molar-refractivity contribution in [3.05, 3.63) is 65.0 Å². The second-order valence-electron chi connectivity index (χ2n) is 6.92. The minimum Gasteiger partial charge on any atom is -0.490 e. The van der Waals surface area contributed by atoms with Crippen LogP contribution in [-0.4, -0.2) is 36.9 Å². The van der Waals surface area contributed by atoms with Crippen molar-refractivity contribution in [1.29, 1.82) is 5.26 Å². The summed E-state index contributed by atoms with van der Waals surface area (Å²) in [6, 6.07) is 12.9. The van der Waals surface area contributed by atoms with Crippen LogP contribution in [0.4, 0.5) is 9.52 Å². The molecular formula is C23H21FN4O5S2. The molecule has 35 heavy (non-hydrogen) atoms. The predicted octanol–water partition coefficient (Wildman–Crippen LogP) is 3.99. The molecule has 0 fully saturated rings. The number of nitrogens with zero attached hydrogens (tertiary/aromatic N) is 3. The van der Waals surface area contributed by atoms with Crippen LogP contribution in [0, 0.1) is 17.1 Å². The van der Waals surface area contributed by atoms with E-state index in [0.29, 0.717) is 40.6 Å². The highest BCUT2D eigenvalue weighted by Crippen LogP contribution is 2.30. The van der Waals surface area contributed by atoms with Crippen molar-refractivity contribution in [2.24, 2.45) is 0 Å². The Bertz CT molecular complexity index is 1400. The summed E-state index contributed by atoms with van der Waals surface area (Å²) in [6.45, 7) is 3.57. The number of anilines is 1. The largest absolute Gasteiger partial charge is 0.490 e. The van der Waals surface area contributed by atoms with Crippen molar-refractivity contribution < 1.29 is 27.1 Å². The molecule has 0 aliphatic heterocycles. The van der Waals surface area contributed by atoms with E-state index in [2.05, 4.69) is 15.5 Å². The Labute approximate surface area is 205 Å². The zero-order valence-electron chi connectivity index (χ0n) is 18.8. The Kier molecular flexibility index (Phi) is 8.51. The lowest BCUT2D eigenvalue weighted by Crippen LogP contribution is -2.13. The molecule has 2 aromatic carbocycles. The molecule has 9 nitrogen and oxygen atoms in total. The molecule has 12 heteroatoms. The summed E-state index contributed by atoms with van der Waals surface area (Å²) < 4.78 is 48.7. The summed E-state index contributed by atoms with van der Waals surface area (Å²) in [6.07, 6.45) is 1.34. The fraction of sp³-hybridized carbons (Fsp3) is 0.217. The SMILES string of the molecule is CCOc1cc(/C=C(/C#N)C(=O)Nc2nnc(S(=O)(=O)CC)s2)ccc1OCc1ccccc1F. The Morgan fingerprint density at radius 1 is 1.17 bits per heavy atom. The van der Waals surface area contributed by atoms with Crippen LogP contribution in [0.15, 0.2) is 52.4 Å². The fourth-order valence-corrected chi connectivity index (χ4v) is 4.74. The first-order valence-corrected chi connectivity index (χ1v) is 12.9. The first-order valence-electron chi connectivity index (χ1n) is 10.4. The van der Waals surface area contributed by atoms with Gasteiger partial charge in [-0.05, 0) is 36.8 Å². The molecule has 3 aromatic rings. The Morgan fingerprint density at radius 2 is 1.94 bits per heavy atom. The molecule has 1 amide bonds. The second kappa shape index (κ2) is 11.5. The number of rotatable bonds is 10. The summed E-state index contributed by atoms with van der Waals surface area (Å²) in [5.74, 6) is -0.588. The molecule has 182 valence electrons. The fourth-order valence-electron chi connectivity index (χ4n) is 2.76. The lowest BCUT2D eigenvalue weighted by atomic mass is 10.1. The molecule has 1 aromatic heterocycles. The molecular weight excluding hydrogens is 495 g/mol. The minimum atomic E-state index is -3.56. The number of carbonyl (C=O) groups is 1. The first kappa shape index (κ1) is 25.8. The number of nitriles is 1. The van der Waals surface area contributed by atoms with Crippen molar-refractivity contribution in [2.75, 3.05) is 17.7 Å². The summed E-state index contributed by atoms with van der Waals surface area (Å²) in [7, 11) is -3.56. The molecule has 0 saturated carbocycles. The molecule has 0 saturated heterocycles. The van der Waals surface area contributed by atoms with Crippen molar-refractivity contribution in [2.45, 2.75) is 24.8 Å². The lowest BCUT2D eigenvalue weighted by molar-refractivity contribution is -0.112. The first-order chi connectivity index (χ1) is 16.8. The number of halogens is 1. The Morgan fingerprint density at radius 3 is 2.63 bits per heavy atom. The normalized spacial score (nSPS) is 11.5. The number of nitrogens with one attached hydrogen (secondary N) is 1. The standard InChI is InChI=1S/C23H21FN4O5S2/c1-3-32-20-12-15(9-10-19(20)33-14-16-7-5-6-8-18(16)24)11-17(13-25)21(29)26-22-27-28-23(34-22)35(30,31)4-2/h5-12H,3-4,14H2,1-2H3,(H,26,27,29)/b17-11-. The van der Waals surface area contributed by atoms with Crippen LogP contribution in [0.3, 0.4) is 0 Å². The van der Waals surface area contributed by atoms with E-state index in [-0.39, 0.29) is 33.2 Å². The highest BCUT2D eigenvalue weighted by atomic mass is 32.2. The highest BCUT2D eigenvalue weighted by molar-refractivity contribution is 7.93. The molecule has 1 heterocycles. The molecule has 0 aliphatic carbocycles. The molecule has 0 unspecified atom stereocenters. The number of sulfone groups is 1. The van der Waals surface area contributed by atoms with E-state index in [9.17, 15) is 22.9 Å². The van der Waals surface area contributed by atoms with Gasteiger partial charge in [0.1, 0.15) is 24.1 Å². The predicted molar refractivity (Wildman–Crippen MR) is 128 cm³/mol. The van der Waals surface area contributed by atoms with Gasteiger partial charge in [-0.25, -0.2) is 12.8 Å². The number of carbonyl (C=O) groups excluding carboxylic acids is 1. The number of hydrogen-bond donors (Lipinski definition) is 1. The van der Waals surface area contributed by atoms with Crippen LogP contribution in [0.1, 0.15) is 25.0 Å². The van der Waals surface area contributed by atoms with Crippen LogP contribution in [0.5, 0.6) is 11.5 Å². The summed E-state index contributed by atoms with van der Waals surface area (Å²) in [5, 5.41) is 19.0. The van der Waals surface area contributed by atoms with E-state index in [4.69, 9.17) is 9.47 Å². The van der Waals surface area contributed by atoms with Gasteiger partial charge in [-0.2, -0.15) is 5.26 Å². The van der Waals surface area contributed by atoms with Crippen LogP contribution in [-0.2, 0) is 21.2 Å². The third-order valence-corrected chi connectivity index (χ3v) is 7.58. The number of hydrogen-bond acceptors (Lipinski definition) is 9. The number of aromatic nitrogens is 2. The monoisotopic (exact) mass is 516 g/mol. The van der Waals surface area contributed by atoms with Gasteiger partial charge in [-0.1, -0.05) is 42.5 Å². The topological polar surface area (TPSA) is 131 Å². The van der Waals surface area contributed by atoms with Crippen molar-refractivity contribution in [1.82, 2.24) is 10.2 Å². The van der Waals surface area contributed by atoms with Crippen LogP contribution >= 0.6 is 11.3 Å². The third kappa shape index (κ3) is 6.62. The van der Waals surface area contributed by atoms with Crippen molar-refractivity contribution in [3.8, 4) is 17.6 Å². The molecule has 0 radical (unpaired) electrons. The maximum absolute atomic E-state index is 13.9. The third-order valence-electron chi connectivity index (χ3n) is 4.56. The van der Waals surface area contributed by atoms with Gasteiger partial charge in [0, 0.05) is 5.56 Å². The van der Waals surface area contributed by atoms with E-state index in [1.807, 2.05) is 6.07 Å². The molecule has 3 rings (SSSR count). The van der Waals surface area contributed by atoms with Gasteiger partial charge in [-0.15, -0.1) is 10.2 Å². The molecule has 0 aliphatic rings. The van der Waals surface area contributed by atoms with Crippen LogP contribution in [0.25, 0.3) is 6.08 Å². The maximum Gasteiger partial charge on any atom is 0.268 e. The highest BCUT2D eigenvalue weighted by Gasteiger charge is 2.20. The summed E-state index contributed by atoms with van der Waals surface area (Å²) in [4.78, 5) is 12.5. The Hall–Kier alpha value is -3.82. The van der Waals surface area contributed by atoms with Gasteiger partial charge in [0.05, 0.1) is 12.4 Å². The quantitative estimate of drug-likeness (QED) is 0.243. The van der Waals surface area contributed by atoms with Gasteiger partial charge in [-0.3, -0.25) is 10.1 Å². The van der Waals surface area contributed by atoms with Gasteiger partial charge in [0.15, 0.2) is 11.5 Å². The zero-order chi connectivity index (χ0) is 25.4. The van der Waals surface area contributed by atoms with E-state index in [1.165, 1.54) is 19.1 Å². The van der Waals surface area contributed by atoms with Crippen LogP contribution in [0.2, 0.25) is 0 Å². The van der Waals surface area contributed by atoms with E-state index in [1.54, 1.807) is 43.3 Å². The van der Waals surface area contributed by atoms with E-state index in [0.717, 1.165) is 0 Å². The van der Waals surface area contributed by atoms with Gasteiger partial charge < -0.3 is 9.47 Å². The average Bonchev–Trinajstić information content (AvgIpc) is 3.32. The van der Waals surface area contributed by atoms with E-state index < -0.39 is 15.7 Å². The number of amides is 1. The van der Waals surface area contributed by atoms with Crippen LogP contribution < -0.4 is 14.8 Å². The second-order valence-corrected chi connectivity index (χ2v) is 10.3. The number of ether oxygens (including phenoxy) is 2. The van der Waals surface area contributed by atoms with E-state index >= 15 is 0 Å². The van der Waals surface area contributed by atoms with Gasteiger partial charge in [0.2, 0.25) is 19.3 Å². The average molecular weight is 517 g/mol. The van der Waals surface area contributed by atoms with Gasteiger partial charge in [0.25, 0.3) is 5.91 Å². The van der Waals surface area contributed by atoms with Crippen molar-refractivity contribution >= 4 is 38.3 Å². The lowest BCUT2D eigenvalue weighted by Gasteiger charge is -2.13. The van der Waals surface area contributed by atoms with Crippen molar-refractivity contribution in [3.63, 3.8) is 0 Å². The molecule has 0 spiro atoms. The number of benzene rings is 2. The molecule has 1 N–H and O–H groups in total. The zero-order valence-corrected chi connectivity index (χ0v) is 20.5. The molecule has 0 atom stereocenters. The summed E-state index contributed by atoms with van der Waals surface area (Å²) in [5.41, 5.74) is 0.612. The Balaban J connectivity index is 1.78.